The largest absolute Gasteiger partial charge is 0.498 e. The van der Waals surface area contributed by atoms with Crippen LogP contribution in [0.3, 0.4) is 0 Å². The van der Waals surface area contributed by atoms with Crippen molar-refractivity contribution in [1.82, 2.24) is 4.98 Å². The predicted molar refractivity (Wildman–Crippen MR) is 79.1 cm³/mol. The van der Waals surface area contributed by atoms with Crippen LogP contribution in [0.1, 0.15) is 34.6 Å². The zero-order valence-corrected chi connectivity index (χ0v) is 12.8. The highest BCUT2D eigenvalue weighted by molar-refractivity contribution is 6.64. The van der Waals surface area contributed by atoms with Crippen LogP contribution in [0.2, 0.25) is 5.02 Å². The number of pyridine rings is 1. The Morgan fingerprint density at radius 2 is 1.84 bits per heavy atom. The highest BCUT2D eigenvalue weighted by Gasteiger charge is 2.52. The molecule has 2 rings (SSSR count). The molecule has 1 aromatic heterocycles. The molecule has 1 aliphatic rings. The smallest absolute Gasteiger partial charge is 0.399 e. The second-order valence-corrected chi connectivity index (χ2v) is 6.15. The van der Waals surface area contributed by atoms with Gasteiger partial charge in [0.2, 0.25) is 0 Å². The van der Waals surface area contributed by atoms with Crippen LogP contribution in [0.15, 0.2) is 12.3 Å². The van der Waals surface area contributed by atoms with Crippen molar-refractivity contribution in [2.24, 2.45) is 0 Å². The number of hydrogen-bond acceptors (Lipinski definition) is 4. The van der Waals surface area contributed by atoms with Gasteiger partial charge in [0.05, 0.1) is 16.2 Å². The van der Waals surface area contributed by atoms with Crippen molar-refractivity contribution in [2.45, 2.75) is 45.8 Å². The summed E-state index contributed by atoms with van der Waals surface area (Å²) in [4.78, 5) is 4.31. The molecule has 1 N–H and O–H groups in total. The zero-order chi connectivity index (χ0) is 14.3. The molecule has 0 unspecified atom stereocenters. The Hall–Kier alpha value is -0.775. The van der Waals surface area contributed by atoms with E-state index >= 15 is 0 Å². The molecule has 1 aromatic rings. The number of nitrogens with zero attached hydrogens (tertiary/aromatic N) is 1. The number of rotatable bonds is 3. The van der Waals surface area contributed by atoms with Gasteiger partial charge in [-0.05, 0) is 40.7 Å². The van der Waals surface area contributed by atoms with Crippen molar-refractivity contribution in [2.75, 3.05) is 11.9 Å². The van der Waals surface area contributed by atoms with Crippen molar-refractivity contribution < 1.29 is 9.31 Å². The van der Waals surface area contributed by atoms with Crippen LogP contribution in [0.5, 0.6) is 0 Å². The average molecular weight is 283 g/mol. The lowest BCUT2D eigenvalue weighted by atomic mass is 9.79. The number of anilines is 1. The fourth-order valence-electron chi connectivity index (χ4n) is 1.92. The maximum Gasteiger partial charge on any atom is 0.498 e. The molecule has 104 valence electrons. The molecule has 1 fully saturated rings. The van der Waals surface area contributed by atoms with Gasteiger partial charge in [-0.2, -0.15) is 0 Å². The Labute approximate surface area is 120 Å². The summed E-state index contributed by atoms with van der Waals surface area (Å²) >= 11 is 6.04. The topological polar surface area (TPSA) is 43.4 Å². The van der Waals surface area contributed by atoms with E-state index in [2.05, 4.69) is 10.3 Å². The number of halogens is 1. The van der Waals surface area contributed by atoms with Crippen molar-refractivity contribution in [1.29, 1.82) is 0 Å². The lowest BCUT2D eigenvalue weighted by Crippen LogP contribution is -2.41. The maximum absolute atomic E-state index is 6.04. The summed E-state index contributed by atoms with van der Waals surface area (Å²) in [6, 6.07) is 1.84. The first kappa shape index (κ1) is 14.6. The molecule has 4 nitrogen and oxygen atoms in total. The van der Waals surface area contributed by atoms with E-state index in [9.17, 15) is 0 Å². The van der Waals surface area contributed by atoms with Gasteiger partial charge in [0.1, 0.15) is 5.82 Å². The van der Waals surface area contributed by atoms with E-state index in [1.54, 1.807) is 6.20 Å². The van der Waals surface area contributed by atoms with Gasteiger partial charge >= 0.3 is 7.12 Å². The van der Waals surface area contributed by atoms with Crippen molar-refractivity contribution >= 4 is 30.0 Å². The quantitative estimate of drug-likeness (QED) is 0.865. The fourth-order valence-corrected chi connectivity index (χ4v) is 2.09. The molecule has 1 aliphatic heterocycles. The normalized spacial score (nSPS) is 20.6. The summed E-state index contributed by atoms with van der Waals surface area (Å²) in [5, 5.41) is 3.78. The van der Waals surface area contributed by atoms with E-state index in [-0.39, 0.29) is 11.2 Å². The standard InChI is InChI=1S/C13H20BClN2O2/c1-6-16-11-10(7-9(15)8-17-11)14-18-12(2,3)13(4,5)19-14/h7-8H,6H2,1-5H3,(H,16,17). The molecule has 0 radical (unpaired) electrons. The monoisotopic (exact) mass is 282 g/mol. The molecule has 0 aliphatic carbocycles. The molecular formula is C13H20BClN2O2. The Morgan fingerprint density at radius 1 is 1.26 bits per heavy atom. The van der Waals surface area contributed by atoms with Gasteiger partial charge in [-0.15, -0.1) is 0 Å². The SMILES string of the molecule is CCNc1ncc(Cl)cc1B1OC(C)(C)C(C)(C)O1. The van der Waals surface area contributed by atoms with E-state index in [1.165, 1.54) is 0 Å². The molecule has 0 aromatic carbocycles. The summed E-state index contributed by atoms with van der Waals surface area (Å²) in [6.07, 6.45) is 1.62. The minimum Gasteiger partial charge on any atom is -0.399 e. The predicted octanol–water partition coefficient (Wildman–Crippen LogP) is 2.47. The van der Waals surface area contributed by atoms with Gasteiger partial charge in [0, 0.05) is 18.2 Å². The van der Waals surface area contributed by atoms with Gasteiger partial charge in [-0.3, -0.25) is 0 Å². The minimum atomic E-state index is -0.453. The van der Waals surface area contributed by atoms with Crippen LogP contribution < -0.4 is 10.8 Å². The number of aromatic nitrogens is 1. The van der Waals surface area contributed by atoms with Crippen molar-refractivity contribution in [3.8, 4) is 0 Å². The third-order valence-electron chi connectivity index (χ3n) is 3.74. The first-order chi connectivity index (χ1) is 8.77. The molecule has 1 saturated heterocycles. The lowest BCUT2D eigenvalue weighted by molar-refractivity contribution is 0.00578. The second kappa shape index (κ2) is 4.96. The van der Waals surface area contributed by atoms with Crippen LogP contribution in [-0.4, -0.2) is 29.8 Å². The van der Waals surface area contributed by atoms with Crippen molar-refractivity contribution in [3.63, 3.8) is 0 Å². The third kappa shape index (κ3) is 2.73. The van der Waals surface area contributed by atoms with E-state index in [4.69, 9.17) is 20.9 Å². The van der Waals surface area contributed by atoms with E-state index in [1.807, 2.05) is 40.7 Å². The molecule has 19 heavy (non-hydrogen) atoms. The number of hydrogen-bond donors (Lipinski definition) is 1. The van der Waals surface area contributed by atoms with Crippen LogP contribution in [0.25, 0.3) is 0 Å². The highest BCUT2D eigenvalue weighted by atomic mass is 35.5. The Balaban J connectivity index is 2.35. The van der Waals surface area contributed by atoms with Crippen LogP contribution in [0, 0.1) is 0 Å². The Morgan fingerprint density at radius 3 is 2.37 bits per heavy atom. The highest BCUT2D eigenvalue weighted by Crippen LogP contribution is 2.37. The summed E-state index contributed by atoms with van der Waals surface area (Å²) in [7, 11) is -0.453. The molecule has 0 saturated carbocycles. The molecule has 0 atom stereocenters. The molecule has 2 heterocycles. The Bertz CT molecular complexity index is 464. The Kier molecular flexibility index (Phi) is 3.82. The first-order valence-corrected chi connectivity index (χ1v) is 6.89. The molecule has 0 spiro atoms. The minimum absolute atomic E-state index is 0.372. The maximum atomic E-state index is 6.04. The van der Waals surface area contributed by atoms with E-state index in [0.29, 0.717) is 5.02 Å². The molecule has 6 heteroatoms. The summed E-state index contributed by atoms with van der Waals surface area (Å²) < 4.78 is 12.1. The molecule has 0 amide bonds. The number of nitrogens with one attached hydrogen (secondary N) is 1. The zero-order valence-electron chi connectivity index (χ0n) is 12.1. The van der Waals surface area contributed by atoms with Gasteiger partial charge in [-0.1, -0.05) is 11.6 Å². The second-order valence-electron chi connectivity index (χ2n) is 5.71. The van der Waals surface area contributed by atoms with E-state index in [0.717, 1.165) is 17.8 Å². The van der Waals surface area contributed by atoms with Crippen LogP contribution in [-0.2, 0) is 9.31 Å². The van der Waals surface area contributed by atoms with E-state index < -0.39 is 7.12 Å². The summed E-state index contributed by atoms with van der Waals surface area (Å²) in [5.74, 6) is 0.755. The summed E-state index contributed by atoms with van der Waals surface area (Å²) in [6.45, 7) is 10.9. The van der Waals surface area contributed by atoms with Gasteiger partial charge in [-0.25, -0.2) is 4.98 Å². The van der Waals surface area contributed by atoms with Crippen LogP contribution >= 0.6 is 11.6 Å². The average Bonchev–Trinajstić information content (AvgIpc) is 2.51. The lowest BCUT2D eigenvalue weighted by Gasteiger charge is -2.32. The first-order valence-electron chi connectivity index (χ1n) is 6.52. The van der Waals surface area contributed by atoms with Crippen LogP contribution in [0.4, 0.5) is 5.82 Å². The fraction of sp³-hybridized carbons (Fsp3) is 0.615. The molecular weight excluding hydrogens is 262 g/mol. The third-order valence-corrected chi connectivity index (χ3v) is 3.94. The van der Waals surface area contributed by atoms with Crippen molar-refractivity contribution in [3.05, 3.63) is 17.3 Å². The van der Waals surface area contributed by atoms with Gasteiger partial charge in [0.15, 0.2) is 0 Å². The van der Waals surface area contributed by atoms with Gasteiger partial charge in [0.25, 0.3) is 0 Å². The van der Waals surface area contributed by atoms with Gasteiger partial charge < -0.3 is 14.6 Å². The summed E-state index contributed by atoms with van der Waals surface area (Å²) in [5.41, 5.74) is 0.0976. The molecule has 0 bridgehead atoms.